The number of carbonyl (C=O) groups excluding carboxylic acids is 1. The van der Waals surface area contributed by atoms with Crippen LogP contribution in [0, 0.1) is 0 Å². The number of nitrogens with one attached hydrogen (secondary N) is 1. The predicted octanol–water partition coefficient (Wildman–Crippen LogP) is 0.990. The molecule has 2 atom stereocenters. The summed E-state index contributed by atoms with van der Waals surface area (Å²) in [5, 5.41) is 2.76. The van der Waals surface area contributed by atoms with Crippen LogP contribution in [-0.2, 0) is 4.79 Å². The summed E-state index contributed by atoms with van der Waals surface area (Å²) in [6.45, 7) is 0.628. The minimum Gasteiger partial charge on any atom is -0.354 e. The molecule has 2 rings (SSSR count). The lowest BCUT2D eigenvalue weighted by molar-refractivity contribution is -0.120. The Bertz CT molecular complexity index is 367. The maximum absolute atomic E-state index is 11.2. The van der Waals surface area contributed by atoms with Crippen LogP contribution in [0.15, 0.2) is 28.7 Å². The minimum atomic E-state index is -0.423. The smallest absolute Gasteiger partial charge is 0.237 e. The molecule has 1 amide bonds. The number of hydrogen-bond donors (Lipinski definition) is 2. The molecule has 1 aliphatic heterocycles. The Balaban J connectivity index is 2.32. The molecule has 3 N–H and O–H groups in total. The van der Waals surface area contributed by atoms with E-state index in [2.05, 4.69) is 21.2 Å². The van der Waals surface area contributed by atoms with E-state index in [-0.39, 0.29) is 11.8 Å². The van der Waals surface area contributed by atoms with E-state index in [9.17, 15) is 4.79 Å². The van der Waals surface area contributed by atoms with Crippen molar-refractivity contribution in [3.05, 3.63) is 34.3 Å². The lowest BCUT2D eigenvalue weighted by Crippen LogP contribution is -2.33. The molecule has 0 aliphatic carbocycles. The molecule has 4 heteroatoms. The zero-order valence-electron chi connectivity index (χ0n) is 7.53. The van der Waals surface area contributed by atoms with E-state index in [1.807, 2.05) is 24.3 Å². The van der Waals surface area contributed by atoms with Crippen molar-refractivity contribution in [3.8, 4) is 0 Å². The number of rotatable bonds is 1. The van der Waals surface area contributed by atoms with Crippen molar-refractivity contribution in [1.82, 2.24) is 5.32 Å². The fraction of sp³-hybridized carbons (Fsp3) is 0.300. The van der Waals surface area contributed by atoms with Crippen LogP contribution in [0.25, 0.3) is 0 Å². The predicted molar refractivity (Wildman–Crippen MR) is 57.9 cm³/mol. The van der Waals surface area contributed by atoms with Crippen molar-refractivity contribution in [3.63, 3.8) is 0 Å². The third-order valence-corrected chi connectivity index (χ3v) is 3.26. The van der Waals surface area contributed by atoms with E-state index in [4.69, 9.17) is 5.73 Å². The standard InChI is InChI=1S/C10H11BrN2O/c11-8-4-2-1-3-6(8)7-5-13-10(14)9(7)12/h1-4,7,9H,5,12H2,(H,13,14). The molecule has 0 bridgehead atoms. The van der Waals surface area contributed by atoms with E-state index in [0.717, 1.165) is 10.0 Å². The molecule has 1 fully saturated rings. The van der Waals surface area contributed by atoms with Crippen LogP contribution in [-0.4, -0.2) is 18.5 Å². The Kier molecular flexibility index (Phi) is 2.56. The second-order valence-corrected chi connectivity index (χ2v) is 4.25. The van der Waals surface area contributed by atoms with Gasteiger partial charge in [0, 0.05) is 16.9 Å². The van der Waals surface area contributed by atoms with Crippen molar-refractivity contribution >= 4 is 21.8 Å². The fourth-order valence-corrected chi connectivity index (χ4v) is 2.30. The van der Waals surface area contributed by atoms with Gasteiger partial charge in [-0.3, -0.25) is 4.79 Å². The first-order valence-corrected chi connectivity index (χ1v) is 5.27. The van der Waals surface area contributed by atoms with Gasteiger partial charge >= 0.3 is 0 Å². The first-order valence-electron chi connectivity index (χ1n) is 4.48. The van der Waals surface area contributed by atoms with Gasteiger partial charge in [-0.15, -0.1) is 0 Å². The number of hydrogen-bond acceptors (Lipinski definition) is 2. The first kappa shape index (κ1) is 9.68. The average Bonchev–Trinajstić information content (AvgIpc) is 2.49. The number of nitrogens with two attached hydrogens (primary N) is 1. The van der Waals surface area contributed by atoms with Crippen molar-refractivity contribution in [1.29, 1.82) is 0 Å². The summed E-state index contributed by atoms with van der Waals surface area (Å²) in [6.07, 6.45) is 0. The van der Waals surface area contributed by atoms with Gasteiger partial charge in [0.2, 0.25) is 5.91 Å². The van der Waals surface area contributed by atoms with Crippen LogP contribution in [0.4, 0.5) is 0 Å². The normalized spacial score (nSPS) is 26.3. The van der Waals surface area contributed by atoms with E-state index in [1.54, 1.807) is 0 Å². The Morgan fingerprint density at radius 3 is 2.71 bits per heavy atom. The van der Waals surface area contributed by atoms with E-state index in [1.165, 1.54) is 0 Å². The van der Waals surface area contributed by atoms with E-state index < -0.39 is 6.04 Å². The molecule has 74 valence electrons. The van der Waals surface area contributed by atoms with E-state index in [0.29, 0.717) is 6.54 Å². The van der Waals surface area contributed by atoms with Crippen LogP contribution < -0.4 is 11.1 Å². The van der Waals surface area contributed by atoms with E-state index >= 15 is 0 Å². The minimum absolute atomic E-state index is 0.0641. The van der Waals surface area contributed by atoms with Crippen molar-refractivity contribution in [2.45, 2.75) is 12.0 Å². The molecule has 3 nitrogen and oxygen atoms in total. The van der Waals surface area contributed by atoms with Crippen molar-refractivity contribution in [2.75, 3.05) is 6.54 Å². The Morgan fingerprint density at radius 2 is 2.14 bits per heavy atom. The van der Waals surface area contributed by atoms with Gasteiger partial charge in [-0.25, -0.2) is 0 Å². The molecule has 0 spiro atoms. The second-order valence-electron chi connectivity index (χ2n) is 3.40. The molecule has 1 aromatic rings. The highest BCUT2D eigenvalue weighted by atomic mass is 79.9. The van der Waals surface area contributed by atoms with Gasteiger partial charge in [0.05, 0.1) is 6.04 Å². The highest BCUT2D eigenvalue weighted by Gasteiger charge is 2.33. The SMILES string of the molecule is NC1C(=O)NCC1c1ccccc1Br. The highest BCUT2D eigenvalue weighted by Crippen LogP contribution is 2.28. The zero-order valence-corrected chi connectivity index (χ0v) is 9.12. The van der Waals surface area contributed by atoms with Gasteiger partial charge in [-0.05, 0) is 11.6 Å². The van der Waals surface area contributed by atoms with Gasteiger partial charge in [-0.1, -0.05) is 34.1 Å². The summed E-state index contributed by atoms with van der Waals surface area (Å²) >= 11 is 3.46. The monoisotopic (exact) mass is 254 g/mol. The molecular formula is C10H11BrN2O. The summed E-state index contributed by atoms with van der Waals surface area (Å²) in [6, 6.07) is 7.44. The fourth-order valence-electron chi connectivity index (χ4n) is 1.72. The average molecular weight is 255 g/mol. The van der Waals surface area contributed by atoms with Gasteiger partial charge in [0.15, 0.2) is 0 Å². The highest BCUT2D eigenvalue weighted by molar-refractivity contribution is 9.10. The molecule has 0 saturated carbocycles. The maximum atomic E-state index is 11.2. The van der Waals surface area contributed by atoms with Gasteiger partial charge in [0.1, 0.15) is 0 Å². The maximum Gasteiger partial charge on any atom is 0.237 e. The van der Waals surface area contributed by atoms with Gasteiger partial charge < -0.3 is 11.1 Å². The number of carbonyl (C=O) groups is 1. The van der Waals surface area contributed by atoms with Crippen LogP contribution in [0.3, 0.4) is 0 Å². The molecular weight excluding hydrogens is 244 g/mol. The van der Waals surface area contributed by atoms with Crippen LogP contribution in [0.1, 0.15) is 11.5 Å². The zero-order chi connectivity index (χ0) is 10.1. The van der Waals surface area contributed by atoms with Gasteiger partial charge in [-0.2, -0.15) is 0 Å². The lowest BCUT2D eigenvalue weighted by Gasteiger charge is -2.14. The summed E-state index contributed by atoms with van der Waals surface area (Å²) in [4.78, 5) is 11.2. The summed E-state index contributed by atoms with van der Waals surface area (Å²) in [5.74, 6) is 0.0174. The topological polar surface area (TPSA) is 55.1 Å². The molecule has 0 radical (unpaired) electrons. The van der Waals surface area contributed by atoms with Crippen LogP contribution >= 0.6 is 15.9 Å². The van der Waals surface area contributed by atoms with Gasteiger partial charge in [0.25, 0.3) is 0 Å². The summed E-state index contributed by atoms with van der Waals surface area (Å²) in [5.41, 5.74) is 6.89. The van der Waals surface area contributed by atoms with Crippen LogP contribution in [0.2, 0.25) is 0 Å². The third-order valence-electron chi connectivity index (χ3n) is 2.54. The molecule has 1 aromatic carbocycles. The number of benzene rings is 1. The Morgan fingerprint density at radius 1 is 1.43 bits per heavy atom. The lowest BCUT2D eigenvalue weighted by atomic mass is 9.95. The molecule has 1 saturated heterocycles. The van der Waals surface area contributed by atoms with Crippen molar-refractivity contribution < 1.29 is 4.79 Å². The Hall–Kier alpha value is -0.870. The number of halogens is 1. The molecule has 1 heterocycles. The van der Waals surface area contributed by atoms with Crippen molar-refractivity contribution in [2.24, 2.45) is 5.73 Å². The molecule has 1 aliphatic rings. The largest absolute Gasteiger partial charge is 0.354 e. The third kappa shape index (κ3) is 1.55. The first-order chi connectivity index (χ1) is 6.70. The molecule has 2 unspecified atom stereocenters. The quantitative estimate of drug-likeness (QED) is 0.786. The Labute approximate surface area is 90.8 Å². The number of amides is 1. The molecule has 14 heavy (non-hydrogen) atoms. The summed E-state index contributed by atoms with van der Waals surface area (Å²) < 4.78 is 1.01. The second kappa shape index (κ2) is 3.71. The van der Waals surface area contributed by atoms with Crippen LogP contribution in [0.5, 0.6) is 0 Å². The summed E-state index contributed by atoms with van der Waals surface area (Å²) in [7, 11) is 0. The molecule has 0 aromatic heterocycles.